The normalized spacial score (nSPS) is 10.1. The molecule has 0 aliphatic rings. The Labute approximate surface area is 102 Å². The largest absolute Gasteiger partial charge is 0.397 e. The van der Waals surface area contributed by atoms with E-state index in [4.69, 9.17) is 5.73 Å². The van der Waals surface area contributed by atoms with Crippen LogP contribution in [-0.4, -0.2) is 5.91 Å². The van der Waals surface area contributed by atoms with Crippen LogP contribution in [0.1, 0.15) is 10.4 Å². The first-order valence-corrected chi connectivity index (χ1v) is 5.19. The number of hydrogen-bond donors (Lipinski definition) is 2. The first-order chi connectivity index (χ1) is 8.58. The summed E-state index contributed by atoms with van der Waals surface area (Å²) in [6, 6.07) is 9.23. The van der Waals surface area contributed by atoms with Crippen LogP contribution < -0.4 is 11.1 Å². The van der Waals surface area contributed by atoms with Crippen LogP contribution in [-0.2, 0) is 0 Å². The summed E-state index contributed by atoms with van der Waals surface area (Å²) in [7, 11) is 0. The first kappa shape index (κ1) is 12.0. The molecule has 18 heavy (non-hydrogen) atoms. The van der Waals surface area contributed by atoms with E-state index in [9.17, 15) is 13.6 Å². The van der Waals surface area contributed by atoms with E-state index in [-0.39, 0.29) is 5.56 Å². The molecule has 5 heteroatoms. The molecule has 0 aliphatic carbocycles. The summed E-state index contributed by atoms with van der Waals surface area (Å²) < 4.78 is 26.3. The lowest BCUT2D eigenvalue weighted by atomic mass is 10.2. The van der Waals surface area contributed by atoms with Gasteiger partial charge in [-0.2, -0.15) is 0 Å². The third-order valence-corrected chi connectivity index (χ3v) is 2.38. The highest BCUT2D eigenvalue weighted by molar-refractivity contribution is 6.05. The zero-order chi connectivity index (χ0) is 13.1. The van der Waals surface area contributed by atoms with Gasteiger partial charge < -0.3 is 11.1 Å². The van der Waals surface area contributed by atoms with Gasteiger partial charge in [-0.15, -0.1) is 0 Å². The maximum atomic E-state index is 13.4. The second kappa shape index (κ2) is 4.83. The molecule has 0 saturated carbocycles. The quantitative estimate of drug-likeness (QED) is 0.803. The van der Waals surface area contributed by atoms with E-state index in [0.717, 1.165) is 18.2 Å². The average Bonchev–Trinajstić information content (AvgIpc) is 2.35. The standard InChI is InChI=1S/C13H10F2N2O/c14-8-5-6-10(15)9(7-8)13(18)17-12-4-2-1-3-11(12)16/h1-7H,16H2,(H,17,18). The van der Waals surface area contributed by atoms with Crippen LogP contribution in [0.15, 0.2) is 42.5 Å². The minimum atomic E-state index is -0.789. The fraction of sp³-hybridized carbons (Fsp3) is 0. The van der Waals surface area contributed by atoms with Gasteiger partial charge in [-0.3, -0.25) is 4.79 Å². The molecule has 0 bridgehead atoms. The molecule has 0 aromatic heterocycles. The fourth-order valence-electron chi connectivity index (χ4n) is 1.47. The fourth-order valence-corrected chi connectivity index (χ4v) is 1.47. The van der Waals surface area contributed by atoms with Crippen molar-refractivity contribution in [2.75, 3.05) is 11.1 Å². The van der Waals surface area contributed by atoms with Crippen molar-refractivity contribution in [2.45, 2.75) is 0 Å². The Morgan fingerprint density at radius 1 is 1.11 bits per heavy atom. The minimum absolute atomic E-state index is 0.350. The summed E-state index contributed by atoms with van der Waals surface area (Å²) in [6.45, 7) is 0. The van der Waals surface area contributed by atoms with E-state index in [1.54, 1.807) is 24.3 Å². The second-order valence-electron chi connectivity index (χ2n) is 3.67. The molecule has 0 heterocycles. The van der Waals surface area contributed by atoms with Crippen molar-refractivity contribution in [1.29, 1.82) is 0 Å². The van der Waals surface area contributed by atoms with Gasteiger partial charge in [-0.05, 0) is 30.3 Å². The molecular formula is C13H10F2N2O. The van der Waals surface area contributed by atoms with E-state index in [1.807, 2.05) is 0 Å². The summed E-state index contributed by atoms with van der Waals surface area (Å²) in [5.74, 6) is -2.21. The number of nitrogens with one attached hydrogen (secondary N) is 1. The summed E-state index contributed by atoms with van der Waals surface area (Å²) in [6.07, 6.45) is 0. The number of para-hydroxylation sites is 2. The van der Waals surface area contributed by atoms with Crippen molar-refractivity contribution in [3.8, 4) is 0 Å². The molecule has 3 nitrogen and oxygen atoms in total. The van der Waals surface area contributed by atoms with Gasteiger partial charge in [0.2, 0.25) is 0 Å². The van der Waals surface area contributed by atoms with Crippen LogP contribution in [0.5, 0.6) is 0 Å². The van der Waals surface area contributed by atoms with Gasteiger partial charge in [-0.25, -0.2) is 8.78 Å². The number of nitrogens with two attached hydrogens (primary N) is 1. The lowest BCUT2D eigenvalue weighted by molar-refractivity contribution is 0.102. The van der Waals surface area contributed by atoms with Gasteiger partial charge in [0.25, 0.3) is 5.91 Å². The summed E-state index contributed by atoms with van der Waals surface area (Å²) in [5.41, 5.74) is 5.97. The number of amides is 1. The molecule has 3 N–H and O–H groups in total. The van der Waals surface area contributed by atoms with Crippen LogP contribution in [0.25, 0.3) is 0 Å². The zero-order valence-corrected chi connectivity index (χ0v) is 9.28. The number of carbonyl (C=O) groups excluding carboxylic acids is 1. The molecule has 0 saturated heterocycles. The maximum absolute atomic E-state index is 13.4. The Balaban J connectivity index is 2.28. The van der Waals surface area contributed by atoms with Gasteiger partial charge in [0.15, 0.2) is 0 Å². The molecule has 0 unspecified atom stereocenters. The highest BCUT2D eigenvalue weighted by Crippen LogP contribution is 2.19. The highest BCUT2D eigenvalue weighted by Gasteiger charge is 2.13. The predicted molar refractivity (Wildman–Crippen MR) is 65.2 cm³/mol. The molecule has 92 valence electrons. The zero-order valence-electron chi connectivity index (χ0n) is 9.28. The van der Waals surface area contributed by atoms with Gasteiger partial charge in [0, 0.05) is 0 Å². The Hall–Kier alpha value is -2.43. The molecule has 0 radical (unpaired) electrons. The molecule has 2 aromatic carbocycles. The maximum Gasteiger partial charge on any atom is 0.258 e. The summed E-state index contributed by atoms with van der Waals surface area (Å²) in [5, 5.41) is 2.42. The van der Waals surface area contributed by atoms with Gasteiger partial charge >= 0.3 is 0 Å². The SMILES string of the molecule is Nc1ccccc1NC(=O)c1cc(F)ccc1F. The average molecular weight is 248 g/mol. The number of nitrogen functional groups attached to an aromatic ring is 1. The Morgan fingerprint density at radius 3 is 2.56 bits per heavy atom. The Morgan fingerprint density at radius 2 is 1.83 bits per heavy atom. The number of anilines is 2. The van der Waals surface area contributed by atoms with Crippen molar-refractivity contribution in [3.05, 3.63) is 59.7 Å². The lowest BCUT2D eigenvalue weighted by Gasteiger charge is -2.08. The number of rotatable bonds is 2. The van der Waals surface area contributed by atoms with Gasteiger partial charge in [0.1, 0.15) is 11.6 Å². The van der Waals surface area contributed by atoms with Crippen LogP contribution in [0, 0.1) is 11.6 Å². The van der Waals surface area contributed by atoms with E-state index in [0.29, 0.717) is 11.4 Å². The van der Waals surface area contributed by atoms with Gasteiger partial charge in [0.05, 0.1) is 16.9 Å². The van der Waals surface area contributed by atoms with Crippen LogP contribution in [0.2, 0.25) is 0 Å². The third-order valence-electron chi connectivity index (χ3n) is 2.38. The summed E-state index contributed by atoms with van der Waals surface area (Å²) in [4.78, 5) is 11.8. The summed E-state index contributed by atoms with van der Waals surface area (Å²) >= 11 is 0. The number of benzene rings is 2. The van der Waals surface area contributed by atoms with Crippen LogP contribution >= 0.6 is 0 Å². The molecule has 0 aliphatic heterocycles. The van der Waals surface area contributed by atoms with Crippen molar-refractivity contribution < 1.29 is 13.6 Å². The molecule has 1 amide bonds. The minimum Gasteiger partial charge on any atom is -0.397 e. The third kappa shape index (κ3) is 2.45. The number of halogens is 2. The van der Waals surface area contributed by atoms with E-state index < -0.39 is 17.5 Å². The number of carbonyl (C=O) groups is 1. The molecule has 0 atom stereocenters. The van der Waals surface area contributed by atoms with E-state index in [1.165, 1.54) is 0 Å². The van der Waals surface area contributed by atoms with Crippen LogP contribution in [0.4, 0.5) is 20.2 Å². The molecule has 0 fully saturated rings. The Bertz CT molecular complexity index is 599. The van der Waals surface area contributed by atoms with E-state index >= 15 is 0 Å². The van der Waals surface area contributed by atoms with E-state index in [2.05, 4.69) is 5.32 Å². The predicted octanol–water partition coefficient (Wildman–Crippen LogP) is 2.80. The molecule has 0 spiro atoms. The Kier molecular flexibility index (Phi) is 3.23. The van der Waals surface area contributed by atoms with Crippen molar-refractivity contribution >= 4 is 17.3 Å². The van der Waals surface area contributed by atoms with Crippen molar-refractivity contribution in [1.82, 2.24) is 0 Å². The van der Waals surface area contributed by atoms with Crippen molar-refractivity contribution in [3.63, 3.8) is 0 Å². The lowest BCUT2D eigenvalue weighted by Crippen LogP contribution is -2.15. The topological polar surface area (TPSA) is 55.1 Å². The molecule has 2 rings (SSSR count). The number of hydrogen-bond acceptors (Lipinski definition) is 2. The second-order valence-corrected chi connectivity index (χ2v) is 3.67. The monoisotopic (exact) mass is 248 g/mol. The smallest absolute Gasteiger partial charge is 0.258 e. The highest BCUT2D eigenvalue weighted by atomic mass is 19.1. The molecular weight excluding hydrogens is 238 g/mol. The van der Waals surface area contributed by atoms with Gasteiger partial charge in [-0.1, -0.05) is 12.1 Å². The van der Waals surface area contributed by atoms with Crippen molar-refractivity contribution in [2.24, 2.45) is 0 Å². The molecule has 2 aromatic rings. The van der Waals surface area contributed by atoms with Crippen LogP contribution in [0.3, 0.4) is 0 Å². The first-order valence-electron chi connectivity index (χ1n) is 5.19.